The van der Waals surface area contributed by atoms with Crippen molar-refractivity contribution in [2.45, 2.75) is 39.0 Å². The van der Waals surface area contributed by atoms with Gasteiger partial charge in [0.1, 0.15) is 5.84 Å². The monoisotopic (exact) mass is 497 g/mol. The topological polar surface area (TPSA) is 46.1 Å². The number of fused-ring (bicyclic) bond motifs is 1. The number of nitrogens with zero attached hydrogens (tertiary/aromatic N) is 2. The second kappa shape index (κ2) is 9.24. The molecule has 5 nitrogen and oxygen atoms in total. The molecule has 0 radical (unpaired) electrons. The summed E-state index contributed by atoms with van der Waals surface area (Å²) in [6, 6.07) is 9.49. The maximum absolute atomic E-state index is 13.5. The van der Waals surface area contributed by atoms with Crippen LogP contribution in [-0.4, -0.2) is 37.2 Å². The molecular formula is C27H29F2N3O2S. The smallest absolute Gasteiger partial charge is 0.395 e. The highest BCUT2D eigenvalue weighted by Gasteiger charge is 2.43. The van der Waals surface area contributed by atoms with E-state index < -0.39 is 6.29 Å². The number of aliphatic imine (C=N–C) groups is 1. The van der Waals surface area contributed by atoms with Crippen molar-refractivity contribution in [3.05, 3.63) is 70.1 Å². The Morgan fingerprint density at radius 3 is 2.71 bits per heavy atom. The third-order valence-corrected chi connectivity index (χ3v) is 8.21. The first kappa shape index (κ1) is 23.8. The van der Waals surface area contributed by atoms with Gasteiger partial charge in [-0.25, -0.2) is 0 Å². The molecule has 1 aromatic heterocycles. The molecule has 2 aromatic rings. The number of nitrogens with one attached hydrogen (secondary N) is 1. The zero-order valence-electron chi connectivity index (χ0n) is 20.1. The van der Waals surface area contributed by atoms with Crippen LogP contribution in [0.1, 0.15) is 48.0 Å². The van der Waals surface area contributed by atoms with Gasteiger partial charge in [-0.3, -0.25) is 9.89 Å². The Hall–Kier alpha value is -2.97. The quantitative estimate of drug-likeness (QED) is 0.514. The predicted molar refractivity (Wildman–Crippen MR) is 137 cm³/mol. The van der Waals surface area contributed by atoms with Crippen LogP contribution in [0.5, 0.6) is 11.5 Å². The second-order valence-corrected chi connectivity index (χ2v) is 10.4. The van der Waals surface area contributed by atoms with E-state index in [9.17, 15) is 8.78 Å². The van der Waals surface area contributed by atoms with Gasteiger partial charge in [0.2, 0.25) is 0 Å². The third-order valence-electron chi connectivity index (χ3n) is 6.87. The highest BCUT2D eigenvalue weighted by molar-refractivity contribution is 7.13. The first-order valence-electron chi connectivity index (χ1n) is 11.8. The fourth-order valence-corrected chi connectivity index (χ4v) is 5.74. The normalized spacial score (nSPS) is 22.9. The standard InChI is InChI=1S/C27H29F2N3O2S/c1-16-9-11-32(12-10-16)18(3)25-8-7-24(35-25)17(2)13-20-21(15-31-26(20)30-4)19-5-6-22-23(14-19)34-27(28,29)33-22/h5-8,13-16,18H,2,9-12H2,1,3-4H3,(H,30,31)/b20-13-. The van der Waals surface area contributed by atoms with E-state index in [1.54, 1.807) is 30.5 Å². The molecule has 1 aromatic carbocycles. The third kappa shape index (κ3) is 4.77. The van der Waals surface area contributed by atoms with Crippen LogP contribution in [0.4, 0.5) is 8.78 Å². The number of benzene rings is 1. The van der Waals surface area contributed by atoms with Crippen molar-refractivity contribution < 1.29 is 18.3 Å². The number of likely N-dealkylation sites (tertiary alicyclic amines) is 1. The molecule has 184 valence electrons. The van der Waals surface area contributed by atoms with Gasteiger partial charge in [-0.05, 0) is 80.3 Å². The lowest BCUT2D eigenvalue weighted by Gasteiger charge is -2.34. The summed E-state index contributed by atoms with van der Waals surface area (Å²) in [7, 11) is 1.71. The Morgan fingerprint density at radius 1 is 1.23 bits per heavy atom. The lowest BCUT2D eigenvalue weighted by atomic mass is 9.97. The minimum absolute atomic E-state index is 0.0115. The van der Waals surface area contributed by atoms with E-state index in [1.807, 2.05) is 12.3 Å². The van der Waals surface area contributed by atoms with E-state index in [-0.39, 0.29) is 11.5 Å². The summed E-state index contributed by atoms with van der Waals surface area (Å²) in [4.78, 5) is 9.34. The van der Waals surface area contributed by atoms with Crippen LogP contribution in [0.25, 0.3) is 11.1 Å². The molecule has 0 amide bonds. The summed E-state index contributed by atoms with van der Waals surface area (Å²) in [5, 5.41) is 3.17. The molecule has 35 heavy (non-hydrogen) atoms. The Balaban J connectivity index is 1.37. The zero-order chi connectivity index (χ0) is 24.7. The van der Waals surface area contributed by atoms with Crippen molar-refractivity contribution in [2.24, 2.45) is 10.9 Å². The van der Waals surface area contributed by atoms with Gasteiger partial charge in [-0.15, -0.1) is 20.1 Å². The van der Waals surface area contributed by atoms with E-state index in [4.69, 9.17) is 0 Å². The zero-order valence-corrected chi connectivity index (χ0v) is 20.9. The minimum atomic E-state index is -3.65. The number of allylic oxidation sites excluding steroid dienone is 2. The average Bonchev–Trinajstić information content (AvgIpc) is 3.54. The first-order valence-corrected chi connectivity index (χ1v) is 12.6. The van der Waals surface area contributed by atoms with Gasteiger partial charge in [-0.1, -0.05) is 19.6 Å². The van der Waals surface area contributed by atoms with E-state index >= 15 is 0 Å². The number of amidine groups is 1. The van der Waals surface area contributed by atoms with Crippen molar-refractivity contribution in [3.63, 3.8) is 0 Å². The van der Waals surface area contributed by atoms with E-state index in [0.717, 1.165) is 46.2 Å². The molecule has 4 heterocycles. The Labute approximate surface area is 208 Å². The SMILES string of the molecule is C=C(/C=C1/C(c2ccc3c(c2)OC(F)(F)O3)=CN/C1=N/C)c1ccc(C(C)N2CCC(C)CC2)s1. The van der Waals surface area contributed by atoms with Gasteiger partial charge in [0, 0.05) is 40.2 Å². The number of halogens is 2. The average molecular weight is 498 g/mol. The predicted octanol–water partition coefficient (Wildman–Crippen LogP) is 6.47. The number of rotatable bonds is 5. The van der Waals surface area contributed by atoms with Gasteiger partial charge in [-0.2, -0.15) is 0 Å². The number of hydrogen-bond acceptors (Lipinski definition) is 5. The van der Waals surface area contributed by atoms with Crippen LogP contribution in [0.2, 0.25) is 0 Å². The maximum Gasteiger partial charge on any atom is 0.586 e. The van der Waals surface area contributed by atoms with Crippen molar-refractivity contribution >= 4 is 28.3 Å². The van der Waals surface area contributed by atoms with Crippen molar-refractivity contribution in [2.75, 3.05) is 20.1 Å². The largest absolute Gasteiger partial charge is 0.586 e. The molecule has 1 atom stereocenters. The van der Waals surface area contributed by atoms with Crippen LogP contribution in [0.15, 0.2) is 59.8 Å². The number of hydrogen-bond donors (Lipinski definition) is 1. The highest BCUT2D eigenvalue weighted by atomic mass is 32.1. The van der Waals surface area contributed by atoms with Crippen LogP contribution in [-0.2, 0) is 0 Å². The molecule has 3 aliphatic rings. The minimum Gasteiger partial charge on any atom is -0.395 e. The second-order valence-electron chi connectivity index (χ2n) is 9.28. The molecule has 8 heteroatoms. The summed E-state index contributed by atoms with van der Waals surface area (Å²) < 4.78 is 36.1. The summed E-state index contributed by atoms with van der Waals surface area (Å²) in [6.45, 7) is 11.2. The van der Waals surface area contributed by atoms with Crippen LogP contribution < -0.4 is 14.8 Å². The van der Waals surface area contributed by atoms with E-state index in [0.29, 0.717) is 11.9 Å². The van der Waals surface area contributed by atoms with Crippen molar-refractivity contribution in [3.8, 4) is 11.5 Å². The van der Waals surface area contributed by atoms with Crippen LogP contribution in [0, 0.1) is 5.92 Å². The Bertz CT molecular complexity index is 1240. The van der Waals surface area contributed by atoms with Gasteiger partial charge in [0.05, 0.1) is 0 Å². The molecule has 0 bridgehead atoms. The highest BCUT2D eigenvalue weighted by Crippen LogP contribution is 2.43. The number of thiophene rings is 1. The molecule has 1 fully saturated rings. The summed E-state index contributed by atoms with van der Waals surface area (Å²) in [5.74, 6) is 1.53. The fourth-order valence-electron chi connectivity index (χ4n) is 4.70. The molecule has 1 N–H and O–H groups in total. The van der Waals surface area contributed by atoms with Crippen LogP contribution in [0.3, 0.4) is 0 Å². The lowest BCUT2D eigenvalue weighted by molar-refractivity contribution is -0.286. The van der Waals surface area contributed by atoms with E-state index in [1.165, 1.54) is 23.8 Å². The molecule has 1 unspecified atom stereocenters. The molecule has 3 aliphatic heterocycles. The molecule has 0 saturated carbocycles. The van der Waals surface area contributed by atoms with Crippen molar-refractivity contribution in [1.82, 2.24) is 10.2 Å². The molecule has 0 aliphatic carbocycles. The summed E-state index contributed by atoms with van der Waals surface area (Å²) in [6.07, 6.45) is 2.67. The van der Waals surface area contributed by atoms with Gasteiger partial charge in [0.15, 0.2) is 11.5 Å². The van der Waals surface area contributed by atoms with Gasteiger partial charge >= 0.3 is 6.29 Å². The maximum atomic E-state index is 13.5. The number of piperidine rings is 1. The van der Waals surface area contributed by atoms with Crippen LogP contribution >= 0.6 is 11.3 Å². The summed E-state index contributed by atoms with van der Waals surface area (Å²) >= 11 is 1.76. The number of alkyl halides is 2. The molecule has 5 rings (SSSR count). The fraction of sp³-hybridized carbons (Fsp3) is 0.370. The Morgan fingerprint density at radius 2 is 1.97 bits per heavy atom. The molecule has 1 saturated heterocycles. The first-order chi connectivity index (χ1) is 16.7. The van der Waals surface area contributed by atoms with Gasteiger partial charge in [0.25, 0.3) is 0 Å². The summed E-state index contributed by atoms with van der Waals surface area (Å²) in [5.41, 5.74) is 3.26. The lowest BCUT2D eigenvalue weighted by Crippen LogP contribution is -2.34. The van der Waals surface area contributed by atoms with Crippen molar-refractivity contribution in [1.29, 1.82) is 0 Å². The Kier molecular flexibility index (Phi) is 6.27. The number of ether oxygens (including phenoxy) is 2. The van der Waals surface area contributed by atoms with E-state index in [2.05, 4.69) is 57.2 Å². The van der Waals surface area contributed by atoms with Gasteiger partial charge < -0.3 is 14.8 Å². The molecular weight excluding hydrogens is 468 g/mol. The molecule has 0 spiro atoms.